The van der Waals surface area contributed by atoms with Crippen molar-refractivity contribution in [1.82, 2.24) is 20.2 Å². The van der Waals surface area contributed by atoms with E-state index in [1.165, 1.54) is 0 Å². The number of nitrogens with one attached hydrogen (secondary N) is 1. The predicted molar refractivity (Wildman–Crippen MR) is 85.8 cm³/mol. The van der Waals surface area contributed by atoms with Crippen LogP contribution in [0.1, 0.15) is 5.69 Å². The fourth-order valence-corrected chi connectivity index (χ4v) is 2.44. The van der Waals surface area contributed by atoms with E-state index < -0.39 is 0 Å². The van der Waals surface area contributed by atoms with Gasteiger partial charge in [0.1, 0.15) is 5.69 Å². The van der Waals surface area contributed by atoms with Crippen molar-refractivity contribution in [3.63, 3.8) is 0 Å². The SMILES string of the molecule is O=COCCc1cc(-c2ncccc2-c2ncccc2Cl)n[nH]1. The Bertz CT molecular complexity index is 819. The lowest BCUT2D eigenvalue weighted by molar-refractivity contribution is -0.128. The second-order valence-electron chi connectivity index (χ2n) is 4.73. The fourth-order valence-electron chi connectivity index (χ4n) is 2.21. The van der Waals surface area contributed by atoms with E-state index in [-0.39, 0.29) is 0 Å². The monoisotopic (exact) mass is 328 g/mol. The molecule has 0 aliphatic rings. The Morgan fingerprint density at radius 1 is 1.17 bits per heavy atom. The van der Waals surface area contributed by atoms with Gasteiger partial charge in [-0.3, -0.25) is 19.9 Å². The number of pyridine rings is 2. The van der Waals surface area contributed by atoms with E-state index in [0.717, 1.165) is 11.3 Å². The summed E-state index contributed by atoms with van der Waals surface area (Å²) in [6.07, 6.45) is 3.93. The van der Waals surface area contributed by atoms with Crippen molar-refractivity contribution in [1.29, 1.82) is 0 Å². The standard InChI is InChI=1S/C16H13ClN4O2/c17-13-4-2-7-18-15(13)12-3-1-6-19-16(12)14-9-11(20-21-14)5-8-23-10-22/h1-4,6-7,9-10H,5,8H2,(H,20,21). The van der Waals surface area contributed by atoms with Crippen LogP contribution in [-0.4, -0.2) is 33.2 Å². The highest BCUT2D eigenvalue weighted by molar-refractivity contribution is 6.33. The molecule has 0 aliphatic carbocycles. The molecule has 0 spiro atoms. The van der Waals surface area contributed by atoms with E-state index in [9.17, 15) is 4.79 Å². The maximum atomic E-state index is 10.2. The third-order valence-electron chi connectivity index (χ3n) is 3.25. The van der Waals surface area contributed by atoms with E-state index in [1.54, 1.807) is 24.5 Å². The van der Waals surface area contributed by atoms with Crippen molar-refractivity contribution >= 4 is 18.1 Å². The van der Waals surface area contributed by atoms with E-state index in [0.29, 0.717) is 41.6 Å². The van der Waals surface area contributed by atoms with E-state index in [4.69, 9.17) is 11.6 Å². The van der Waals surface area contributed by atoms with E-state index >= 15 is 0 Å². The van der Waals surface area contributed by atoms with Gasteiger partial charge in [0.2, 0.25) is 0 Å². The summed E-state index contributed by atoms with van der Waals surface area (Å²) in [5, 5.41) is 7.75. The summed E-state index contributed by atoms with van der Waals surface area (Å²) in [5.41, 5.74) is 3.69. The van der Waals surface area contributed by atoms with Gasteiger partial charge in [0.25, 0.3) is 6.47 Å². The number of aromatic nitrogens is 4. The molecule has 3 heterocycles. The number of H-pyrrole nitrogens is 1. The molecule has 7 heteroatoms. The van der Waals surface area contributed by atoms with Crippen LogP contribution in [0.3, 0.4) is 0 Å². The molecule has 0 aromatic carbocycles. The summed E-state index contributed by atoms with van der Waals surface area (Å²) in [7, 11) is 0. The zero-order valence-electron chi connectivity index (χ0n) is 12.1. The lowest BCUT2D eigenvalue weighted by atomic mass is 10.1. The number of ether oxygens (including phenoxy) is 1. The predicted octanol–water partition coefficient (Wildman–Crippen LogP) is 2.90. The van der Waals surface area contributed by atoms with Gasteiger partial charge in [0.05, 0.1) is 23.0 Å². The highest BCUT2D eigenvalue weighted by atomic mass is 35.5. The Kier molecular flexibility index (Phi) is 4.63. The summed E-state index contributed by atoms with van der Waals surface area (Å²) in [4.78, 5) is 18.9. The maximum absolute atomic E-state index is 10.2. The highest BCUT2D eigenvalue weighted by Gasteiger charge is 2.14. The van der Waals surface area contributed by atoms with Crippen LogP contribution in [0.4, 0.5) is 0 Å². The van der Waals surface area contributed by atoms with Crippen LogP contribution in [-0.2, 0) is 16.0 Å². The number of carbonyl (C=O) groups is 1. The van der Waals surface area contributed by atoms with E-state index in [1.807, 2.05) is 18.2 Å². The molecule has 0 saturated carbocycles. The number of rotatable bonds is 6. The minimum Gasteiger partial charge on any atom is -0.467 e. The second-order valence-corrected chi connectivity index (χ2v) is 5.14. The van der Waals surface area contributed by atoms with Gasteiger partial charge in [-0.1, -0.05) is 11.6 Å². The molecule has 0 amide bonds. The van der Waals surface area contributed by atoms with Gasteiger partial charge < -0.3 is 4.74 Å². The second kappa shape index (κ2) is 7.02. The van der Waals surface area contributed by atoms with Crippen LogP contribution < -0.4 is 0 Å². The summed E-state index contributed by atoms with van der Waals surface area (Å²) < 4.78 is 4.69. The van der Waals surface area contributed by atoms with Crippen LogP contribution in [0.25, 0.3) is 22.6 Å². The van der Waals surface area contributed by atoms with Gasteiger partial charge in [0.15, 0.2) is 0 Å². The molecular weight excluding hydrogens is 316 g/mol. The molecule has 0 bridgehead atoms. The molecule has 0 atom stereocenters. The van der Waals surface area contributed by atoms with Gasteiger partial charge in [-0.15, -0.1) is 0 Å². The first-order valence-corrected chi connectivity index (χ1v) is 7.33. The van der Waals surface area contributed by atoms with Crippen molar-refractivity contribution in [2.75, 3.05) is 6.61 Å². The third kappa shape index (κ3) is 3.37. The maximum Gasteiger partial charge on any atom is 0.293 e. The molecule has 0 fully saturated rings. The van der Waals surface area contributed by atoms with Crippen molar-refractivity contribution in [2.24, 2.45) is 0 Å². The zero-order valence-corrected chi connectivity index (χ0v) is 12.8. The van der Waals surface area contributed by atoms with Crippen LogP contribution in [0.2, 0.25) is 5.02 Å². The Labute approximate surface area is 137 Å². The summed E-state index contributed by atoms with van der Waals surface area (Å²) in [6, 6.07) is 9.17. The third-order valence-corrected chi connectivity index (χ3v) is 3.56. The van der Waals surface area contributed by atoms with Gasteiger partial charge >= 0.3 is 0 Å². The Morgan fingerprint density at radius 2 is 1.96 bits per heavy atom. The molecule has 23 heavy (non-hydrogen) atoms. The largest absolute Gasteiger partial charge is 0.467 e. The molecule has 0 radical (unpaired) electrons. The quantitative estimate of drug-likeness (QED) is 0.556. The normalized spacial score (nSPS) is 10.5. The fraction of sp³-hybridized carbons (Fsp3) is 0.125. The molecule has 0 saturated heterocycles. The molecule has 1 N–H and O–H groups in total. The highest BCUT2D eigenvalue weighted by Crippen LogP contribution is 2.32. The number of hydrogen-bond donors (Lipinski definition) is 1. The number of hydrogen-bond acceptors (Lipinski definition) is 5. The topological polar surface area (TPSA) is 80.8 Å². The molecule has 3 aromatic heterocycles. The molecular formula is C16H13ClN4O2. The number of nitrogens with zero attached hydrogens (tertiary/aromatic N) is 3. The smallest absolute Gasteiger partial charge is 0.293 e. The first-order valence-electron chi connectivity index (χ1n) is 6.95. The van der Waals surface area contributed by atoms with Gasteiger partial charge in [0, 0.05) is 30.1 Å². The van der Waals surface area contributed by atoms with Crippen LogP contribution >= 0.6 is 11.6 Å². The summed E-state index contributed by atoms with van der Waals surface area (Å²) in [5.74, 6) is 0. The summed E-state index contributed by atoms with van der Waals surface area (Å²) in [6.45, 7) is 0.726. The lowest BCUT2D eigenvalue weighted by Gasteiger charge is -2.07. The number of halogens is 1. The van der Waals surface area contributed by atoms with Crippen molar-refractivity contribution < 1.29 is 9.53 Å². The zero-order chi connectivity index (χ0) is 16.1. The minimum absolute atomic E-state index is 0.298. The van der Waals surface area contributed by atoms with Gasteiger partial charge in [-0.25, -0.2) is 0 Å². The van der Waals surface area contributed by atoms with Crippen LogP contribution in [0.15, 0.2) is 42.7 Å². The first-order chi connectivity index (χ1) is 11.3. The average Bonchev–Trinajstić information content (AvgIpc) is 3.04. The lowest BCUT2D eigenvalue weighted by Crippen LogP contribution is -1.96. The number of aromatic amines is 1. The number of carbonyl (C=O) groups excluding carboxylic acids is 1. The Balaban J connectivity index is 1.95. The first kappa shape index (κ1) is 15.2. The molecule has 3 rings (SSSR count). The molecule has 0 aliphatic heterocycles. The van der Waals surface area contributed by atoms with Crippen molar-refractivity contribution in [3.05, 3.63) is 53.4 Å². The van der Waals surface area contributed by atoms with Crippen LogP contribution in [0, 0.1) is 0 Å². The van der Waals surface area contributed by atoms with E-state index in [2.05, 4.69) is 24.9 Å². The van der Waals surface area contributed by atoms with Crippen molar-refractivity contribution in [3.8, 4) is 22.6 Å². The van der Waals surface area contributed by atoms with Crippen LogP contribution in [0.5, 0.6) is 0 Å². The van der Waals surface area contributed by atoms with Gasteiger partial charge in [-0.2, -0.15) is 5.10 Å². The molecule has 3 aromatic rings. The Hall–Kier alpha value is -2.73. The minimum atomic E-state index is 0.298. The molecule has 116 valence electrons. The Morgan fingerprint density at radius 3 is 2.74 bits per heavy atom. The van der Waals surface area contributed by atoms with Crippen molar-refractivity contribution in [2.45, 2.75) is 6.42 Å². The molecule has 0 unspecified atom stereocenters. The van der Waals surface area contributed by atoms with Gasteiger partial charge in [-0.05, 0) is 30.3 Å². The average molecular weight is 329 g/mol. The summed E-state index contributed by atoms with van der Waals surface area (Å²) >= 11 is 6.24. The molecule has 6 nitrogen and oxygen atoms in total.